The molecule has 2 atom stereocenters. The number of urea groups is 1. The zero-order chi connectivity index (χ0) is 27.0. The van der Waals surface area contributed by atoms with E-state index in [0.717, 1.165) is 11.6 Å². The number of carbonyl (C=O) groups excluding carboxylic acids is 5. The number of nitrogens with zero attached hydrogens (tertiary/aromatic N) is 1. The van der Waals surface area contributed by atoms with Gasteiger partial charge in [-0.15, -0.1) is 0 Å². The summed E-state index contributed by atoms with van der Waals surface area (Å²) in [4.78, 5) is 64.3. The van der Waals surface area contributed by atoms with Crippen LogP contribution >= 0.6 is 0 Å². The summed E-state index contributed by atoms with van der Waals surface area (Å²) >= 11 is 0. The third-order valence-corrected chi connectivity index (χ3v) is 7.47. The normalized spacial score (nSPS) is 24.6. The number of amides is 6. The fourth-order valence-electron chi connectivity index (χ4n) is 5.38. The first-order chi connectivity index (χ1) is 18.0. The molecule has 194 valence electrons. The number of ether oxygens (including phenoxy) is 1. The Bertz CT molecular complexity index is 1610. The Morgan fingerprint density at radius 3 is 2.50 bits per heavy atom. The van der Waals surface area contributed by atoms with E-state index in [9.17, 15) is 24.0 Å². The van der Waals surface area contributed by atoms with E-state index in [1.54, 1.807) is 18.2 Å². The van der Waals surface area contributed by atoms with Gasteiger partial charge in [-0.2, -0.15) is 0 Å². The summed E-state index contributed by atoms with van der Waals surface area (Å²) in [5.41, 5.74) is -2.05. The second kappa shape index (κ2) is 7.88. The Morgan fingerprint density at radius 2 is 1.84 bits per heavy atom. The first kappa shape index (κ1) is 23.6. The highest BCUT2D eigenvalue weighted by Crippen LogP contribution is 2.40. The van der Waals surface area contributed by atoms with E-state index in [1.165, 1.54) is 31.1 Å². The molecule has 12 heteroatoms. The number of hydrogen-bond donors (Lipinski definition) is 3. The lowest BCUT2D eigenvalue weighted by Crippen LogP contribution is -2.46. The maximum absolute atomic E-state index is 15.1. The van der Waals surface area contributed by atoms with Crippen molar-refractivity contribution >= 4 is 40.6 Å². The number of methoxy groups -OCH3 is 1. The molecular weight excluding hydrogens is 499 g/mol. The third kappa shape index (κ3) is 3.29. The van der Waals surface area contributed by atoms with Gasteiger partial charge in [-0.05, 0) is 36.8 Å². The monoisotopic (exact) mass is 520 g/mol. The molecule has 3 aromatic rings. The molecule has 3 aliphatic heterocycles. The van der Waals surface area contributed by atoms with Crippen LogP contribution in [-0.4, -0.2) is 48.2 Å². The molecule has 6 rings (SSSR count). The molecule has 11 nitrogen and oxygen atoms in total. The van der Waals surface area contributed by atoms with Crippen LogP contribution in [0.5, 0.6) is 5.75 Å². The number of imide groups is 2. The number of benzene rings is 2. The van der Waals surface area contributed by atoms with E-state index in [0.29, 0.717) is 16.7 Å². The maximum atomic E-state index is 15.1. The predicted molar refractivity (Wildman–Crippen MR) is 127 cm³/mol. The van der Waals surface area contributed by atoms with Gasteiger partial charge < -0.3 is 19.4 Å². The lowest BCUT2D eigenvalue weighted by Gasteiger charge is -2.28. The first-order valence-electron chi connectivity index (χ1n) is 11.7. The largest absolute Gasteiger partial charge is 0.497 e. The second-order valence-electron chi connectivity index (χ2n) is 9.83. The lowest BCUT2D eigenvalue weighted by atomic mass is 9.82. The van der Waals surface area contributed by atoms with E-state index in [4.69, 9.17) is 9.15 Å². The van der Waals surface area contributed by atoms with Crippen LogP contribution in [-0.2, 0) is 31.9 Å². The van der Waals surface area contributed by atoms with Crippen LogP contribution in [0.1, 0.15) is 40.6 Å². The van der Waals surface area contributed by atoms with Crippen molar-refractivity contribution in [1.29, 1.82) is 0 Å². The van der Waals surface area contributed by atoms with Crippen LogP contribution in [0.15, 0.2) is 40.8 Å². The summed E-state index contributed by atoms with van der Waals surface area (Å²) in [5.74, 6) is -2.45. The van der Waals surface area contributed by atoms with Gasteiger partial charge in [0.15, 0.2) is 0 Å². The smallest absolute Gasteiger partial charge is 0.322 e. The molecule has 2 fully saturated rings. The fraction of sp³-hybridized carbons (Fsp3) is 0.269. The van der Waals surface area contributed by atoms with Crippen LogP contribution in [0.4, 0.5) is 9.18 Å². The van der Waals surface area contributed by atoms with E-state index in [-0.39, 0.29) is 42.3 Å². The molecule has 1 unspecified atom stereocenters. The van der Waals surface area contributed by atoms with E-state index in [2.05, 4.69) is 16.0 Å². The fourth-order valence-corrected chi connectivity index (χ4v) is 5.38. The molecule has 38 heavy (non-hydrogen) atoms. The summed E-state index contributed by atoms with van der Waals surface area (Å²) in [6, 6.07) is 8.27. The van der Waals surface area contributed by atoms with Crippen LogP contribution < -0.4 is 20.7 Å². The summed E-state index contributed by atoms with van der Waals surface area (Å²) < 4.78 is 26.3. The molecular formula is C26H21FN4O7. The van der Waals surface area contributed by atoms with Crippen LogP contribution in [0.2, 0.25) is 0 Å². The zero-order valence-electron chi connectivity index (χ0n) is 20.3. The molecule has 0 bridgehead atoms. The summed E-state index contributed by atoms with van der Waals surface area (Å²) in [5, 5.41) is 7.15. The summed E-state index contributed by atoms with van der Waals surface area (Å²) in [7, 11) is 1.49. The standard InChI is InChI=1S/C26H21FN4O7/c1-25(22(34)29-24(36)30-25)16-5-13-6-19(38-18(13)8-17(16)27)26(9-20(32)28-23(26)35)11-31-10-12-3-4-14(37-2)7-15(12)21(31)33/h3-8H,9-11H2,1-2H3,(H,28,32,35)(H2,29,30,34,36)/t25?,26-/m1/s1. The van der Waals surface area contributed by atoms with Crippen LogP contribution in [0, 0.1) is 5.82 Å². The Labute approximate surface area is 214 Å². The lowest BCUT2D eigenvalue weighted by molar-refractivity contribution is -0.127. The van der Waals surface area contributed by atoms with Gasteiger partial charge in [0, 0.05) is 35.7 Å². The van der Waals surface area contributed by atoms with Crippen molar-refractivity contribution in [2.45, 2.75) is 30.8 Å². The molecule has 0 aliphatic carbocycles. The average molecular weight is 520 g/mol. The summed E-state index contributed by atoms with van der Waals surface area (Å²) in [6.45, 7) is 1.42. The Hall–Kier alpha value is -4.74. The van der Waals surface area contributed by atoms with Crippen molar-refractivity contribution in [2.24, 2.45) is 0 Å². The minimum Gasteiger partial charge on any atom is -0.497 e. The molecule has 4 heterocycles. The highest BCUT2D eigenvalue weighted by Gasteiger charge is 2.53. The van der Waals surface area contributed by atoms with Gasteiger partial charge in [-0.25, -0.2) is 9.18 Å². The maximum Gasteiger partial charge on any atom is 0.322 e. The van der Waals surface area contributed by atoms with Gasteiger partial charge in [0.2, 0.25) is 11.8 Å². The minimum absolute atomic E-state index is 0.0683. The number of fused-ring (bicyclic) bond motifs is 2. The average Bonchev–Trinajstić information content (AvgIpc) is 3.57. The molecule has 1 aromatic heterocycles. The van der Waals surface area contributed by atoms with Gasteiger partial charge in [-0.1, -0.05) is 6.07 Å². The van der Waals surface area contributed by atoms with Crippen molar-refractivity contribution in [2.75, 3.05) is 13.7 Å². The molecule has 0 spiro atoms. The third-order valence-electron chi connectivity index (χ3n) is 7.47. The molecule has 0 saturated carbocycles. The SMILES string of the molecule is COc1ccc2c(c1)C(=O)N(C[C@@]1(c3cc4cc(C5(C)NC(=O)NC5=O)c(F)cc4o3)CC(=O)NC1=O)C2. The van der Waals surface area contributed by atoms with Crippen molar-refractivity contribution in [3.63, 3.8) is 0 Å². The zero-order valence-corrected chi connectivity index (χ0v) is 20.3. The number of rotatable bonds is 5. The van der Waals surface area contributed by atoms with Gasteiger partial charge in [0.1, 0.15) is 33.9 Å². The number of furan rings is 1. The molecule has 3 aliphatic rings. The van der Waals surface area contributed by atoms with Crippen molar-refractivity contribution in [3.05, 3.63) is 64.7 Å². The van der Waals surface area contributed by atoms with Gasteiger partial charge in [0.25, 0.3) is 11.8 Å². The van der Waals surface area contributed by atoms with Gasteiger partial charge >= 0.3 is 6.03 Å². The van der Waals surface area contributed by atoms with E-state index in [1.807, 2.05) is 0 Å². The quantitative estimate of drug-likeness (QED) is 0.342. The van der Waals surface area contributed by atoms with Gasteiger partial charge in [-0.3, -0.25) is 29.8 Å². The first-order valence-corrected chi connectivity index (χ1v) is 11.7. The Morgan fingerprint density at radius 1 is 1.05 bits per heavy atom. The Balaban J connectivity index is 1.41. The van der Waals surface area contributed by atoms with Crippen LogP contribution in [0.25, 0.3) is 11.0 Å². The number of hydrogen-bond acceptors (Lipinski definition) is 7. The number of nitrogens with one attached hydrogen (secondary N) is 3. The molecule has 6 amide bonds. The van der Waals surface area contributed by atoms with Crippen molar-refractivity contribution < 1.29 is 37.5 Å². The highest BCUT2D eigenvalue weighted by molar-refractivity contribution is 6.10. The number of halogens is 1. The Kier molecular flexibility index (Phi) is 4.90. The van der Waals surface area contributed by atoms with Gasteiger partial charge in [0.05, 0.1) is 13.5 Å². The van der Waals surface area contributed by atoms with Crippen molar-refractivity contribution in [3.8, 4) is 5.75 Å². The van der Waals surface area contributed by atoms with Crippen LogP contribution in [0.3, 0.4) is 0 Å². The van der Waals surface area contributed by atoms with E-state index >= 15 is 4.39 Å². The predicted octanol–water partition coefficient (Wildman–Crippen LogP) is 1.58. The second-order valence-corrected chi connectivity index (χ2v) is 9.83. The molecule has 0 radical (unpaired) electrons. The minimum atomic E-state index is -1.65. The molecule has 3 N–H and O–H groups in total. The topological polar surface area (TPSA) is 147 Å². The van der Waals surface area contributed by atoms with E-state index < -0.39 is 40.5 Å². The highest BCUT2D eigenvalue weighted by atomic mass is 19.1. The van der Waals surface area contributed by atoms with Crippen molar-refractivity contribution in [1.82, 2.24) is 20.9 Å². The molecule has 2 aromatic carbocycles. The number of carbonyl (C=O) groups is 5. The molecule has 2 saturated heterocycles. The summed E-state index contributed by atoms with van der Waals surface area (Å²) in [6.07, 6.45) is -0.277.